The van der Waals surface area contributed by atoms with E-state index in [4.69, 9.17) is 0 Å². The van der Waals surface area contributed by atoms with Crippen molar-refractivity contribution in [1.82, 2.24) is 9.78 Å². The van der Waals surface area contributed by atoms with Gasteiger partial charge in [-0.05, 0) is 24.6 Å². The van der Waals surface area contributed by atoms with E-state index in [0.29, 0.717) is 0 Å². The van der Waals surface area contributed by atoms with Crippen LogP contribution in [0.2, 0.25) is 0 Å². The maximum atomic E-state index is 13.0. The minimum absolute atomic E-state index is 0.0473. The highest BCUT2D eigenvalue weighted by molar-refractivity contribution is 5.37. The molecule has 0 spiro atoms. The highest BCUT2D eigenvalue weighted by atomic mass is 19.1. The molecule has 2 aromatic rings. The summed E-state index contributed by atoms with van der Waals surface area (Å²) in [6, 6.07) is 8.53. The Morgan fingerprint density at radius 2 is 2.19 bits per heavy atom. The molecule has 1 aromatic carbocycles. The summed E-state index contributed by atoms with van der Waals surface area (Å²) in [4.78, 5) is 0. The summed E-state index contributed by atoms with van der Waals surface area (Å²) in [5.41, 5.74) is 0.918. The normalized spacial score (nSPS) is 12.4. The molecule has 0 aliphatic heterocycles. The fourth-order valence-electron chi connectivity index (χ4n) is 1.60. The minimum Gasteiger partial charge on any atom is -0.364 e. The molecule has 16 heavy (non-hydrogen) atoms. The van der Waals surface area contributed by atoms with Gasteiger partial charge in [0.2, 0.25) is 0 Å². The van der Waals surface area contributed by atoms with Crippen LogP contribution in [0.5, 0.6) is 0 Å². The van der Waals surface area contributed by atoms with Gasteiger partial charge in [-0.3, -0.25) is 4.68 Å². The number of benzene rings is 1. The lowest BCUT2D eigenvalue weighted by atomic mass is 10.1. The molecule has 0 saturated carbocycles. The van der Waals surface area contributed by atoms with E-state index in [9.17, 15) is 4.39 Å². The first kappa shape index (κ1) is 10.7. The Hall–Kier alpha value is -1.84. The van der Waals surface area contributed by atoms with Crippen molar-refractivity contribution in [2.75, 3.05) is 5.32 Å². The molecule has 0 aliphatic rings. The second-order valence-corrected chi connectivity index (χ2v) is 3.76. The quantitative estimate of drug-likeness (QED) is 0.860. The van der Waals surface area contributed by atoms with E-state index in [2.05, 4.69) is 10.4 Å². The zero-order valence-corrected chi connectivity index (χ0v) is 9.31. The number of anilines is 1. The Balaban J connectivity index is 2.14. The van der Waals surface area contributed by atoms with Crippen molar-refractivity contribution in [1.29, 1.82) is 0 Å². The molecule has 0 fully saturated rings. The Morgan fingerprint density at radius 3 is 2.81 bits per heavy atom. The van der Waals surface area contributed by atoms with Crippen molar-refractivity contribution in [3.05, 3.63) is 47.9 Å². The van der Waals surface area contributed by atoms with Gasteiger partial charge in [0, 0.05) is 13.1 Å². The summed E-state index contributed by atoms with van der Waals surface area (Å²) in [6.45, 7) is 1.99. The number of nitrogens with one attached hydrogen (secondary N) is 1. The average molecular weight is 219 g/mol. The van der Waals surface area contributed by atoms with Gasteiger partial charge in [-0.1, -0.05) is 12.1 Å². The highest BCUT2D eigenvalue weighted by Gasteiger charge is 2.07. The molecule has 1 unspecified atom stereocenters. The van der Waals surface area contributed by atoms with Crippen LogP contribution in [-0.4, -0.2) is 9.78 Å². The molecule has 1 N–H and O–H groups in total. The SMILES string of the molecule is CC(Nc1ccnn1C)c1cccc(F)c1. The molecule has 0 bridgehead atoms. The maximum Gasteiger partial charge on any atom is 0.124 e. The molecule has 1 atom stereocenters. The van der Waals surface area contributed by atoms with Gasteiger partial charge in [-0.15, -0.1) is 0 Å². The van der Waals surface area contributed by atoms with Crippen LogP contribution in [0.4, 0.5) is 10.2 Å². The van der Waals surface area contributed by atoms with Crippen LogP contribution >= 0.6 is 0 Å². The van der Waals surface area contributed by atoms with Crippen LogP contribution < -0.4 is 5.32 Å². The molecule has 1 aromatic heterocycles. The summed E-state index contributed by atoms with van der Waals surface area (Å²) < 4.78 is 14.8. The fourth-order valence-corrected chi connectivity index (χ4v) is 1.60. The standard InChI is InChI=1S/C12H14FN3/c1-9(10-4-3-5-11(13)8-10)15-12-6-7-14-16(12)2/h3-9,15H,1-2H3. The third kappa shape index (κ3) is 2.21. The monoisotopic (exact) mass is 219 g/mol. The van der Waals surface area contributed by atoms with Crippen LogP contribution in [-0.2, 0) is 7.05 Å². The van der Waals surface area contributed by atoms with Gasteiger partial charge < -0.3 is 5.32 Å². The largest absolute Gasteiger partial charge is 0.364 e. The summed E-state index contributed by atoms with van der Waals surface area (Å²) in [5.74, 6) is 0.702. The predicted octanol–water partition coefficient (Wildman–Crippen LogP) is 2.73. The van der Waals surface area contributed by atoms with Crippen LogP contribution in [0, 0.1) is 5.82 Å². The van der Waals surface area contributed by atoms with Crippen LogP contribution in [0.1, 0.15) is 18.5 Å². The molecule has 4 heteroatoms. The number of hydrogen-bond acceptors (Lipinski definition) is 2. The van der Waals surface area contributed by atoms with E-state index < -0.39 is 0 Å². The second kappa shape index (κ2) is 4.35. The second-order valence-electron chi connectivity index (χ2n) is 3.76. The van der Waals surface area contributed by atoms with E-state index >= 15 is 0 Å². The highest BCUT2D eigenvalue weighted by Crippen LogP contribution is 2.18. The lowest BCUT2D eigenvalue weighted by Gasteiger charge is -2.15. The number of aromatic nitrogens is 2. The van der Waals surface area contributed by atoms with Gasteiger partial charge in [0.05, 0.1) is 12.2 Å². The summed E-state index contributed by atoms with van der Waals surface area (Å²) in [5, 5.41) is 7.33. The minimum atomic E-state index is -0.212. The molecule has 1 heterocycles. The molecule has 0 aliphatic carbocycles. The Labute approximate surface area is 93.9 Å². The summed E-state index contributed by atoms with van der Waals surface area (Å²) in [7, 11) is 1.86. The first-order chi connectivity index (χ1) is 7.66. The van der Waals surface area contributed by atoms with Crippen molar-refractivity contribution in [2.24, 2.45) is 7.05 Å². The van der Waals surface area contributed by atoms with Gasteiger partial charge in [0.15, 0.2) is 0 Å². The van der Waals surface area contributed by atoms with Crippen molar-refractivity contribution in [2.45, 2.75) is 13.0 Å². The molecular formula is C12H14FN3. The molecule has 3 nitrogen and oxygen atoms in total. The van der Waals surface area contributed by atoms with E-state index in [1.807, 2.05) is 26.1 Å². The zero-order chi connectivity index (χ0) is 11.5. The first-order valence-corrected chi connectivity index (χ1v) is 5.17. The molecule has 0 amide bonds. The maximum absolute atomic E-state index is 13.0. The number of hydrogen-bond donors (Lipinski definition) is 1. The molecule has 84 valence electrons. The number of halogens is 1. The van der Waals surface area contributed by atoms with E-state index in [1.54, 1.807) is 16.9 Å². The summed E-state index contributed by atoms with van der Waals surface area (Å²) >= 11 is 0. The molecule has 2 rings (SSSR count). The zero-order valence-electron chi connectivity index (χ0n) is 9.31. The van der Waals surface area contributed by atoms with Crippen molar-refractivity contribution < 1.29 is 4.39 Å². The number of nitrogens with zero attached hydrogens (tertiary/aromatic N) is 2. The van der Waals surface area contributed by atoms with Gasteiger partial charge in [0.25, 0.3) is 0 Å². The van der Waals surface area contributed by atoms with Gasteiger partial charge in [0.1, 0.15) is 11.6 Å². The third-order valence-corrected chi connectivity index (χ3v) is 2.53. The fraction of sp³-hybridized carbons (Fsp3) is 0.250. The third-order valence-electron chi connectivity index (χ3n) is 2.53. The van der Waals surface area contributed by atoms with E-state index in [-0.39, 0.29) is 11.9 Å². The molecular weight excluding hydrogens is 205 g/mol. The van der Waals surface area contributed by atoms with Crippen molar-refractivity contribution >= 4 is 5.82 Å². The number of aryl methyl sites for hydroxylation is 1. The van der Waals surface area contributed by atoms with E-state index in [0.717, 1.165) is 11.4 Å². The lowest BCUT2D eigenvalue weighted by molar-refractivity contribution is 0.623. The predicted molar refractivity (Wildman–Crippen MR) is 61.6 cm³/mol. The lowest BCUT2D eigenvalue weighted by Crippen LogP contribution is -2.10. The first-order valence-electron chi connectivity index (χ1n) is 5.17. The Morgan fingerprint density at radius 1 is 1.38 bits per heavy atom. The molecule has 0 saturated heterocycles. The van der Waals surface area contributed by atoms with Crippen molar-refractivity contribution in [3.63, 3.8) is 0 Å². The Kier molecular flexibility index (Phi) is 2.90. The average Bonchev–Trinajstić information content (AvgIpc) is 2.64. The van der Waals surface area contributed by atoms with E-state index in [1.165, 1.54) is 12.1 Å². The van der Waals surface area contributed by atoms with Crippen LogP contribution in [0.15, 0.2) is 36.5 Å². The summed E-state index contributed by atoms with van der Waals surface area (Å²) in [6.07, 6.45) is 1.72. The van der Waals surface area contributed by atoms with Gasteiger partial charge in [-0.2, -0.15) is 5.10 Å². The van der Waals surface area contributed by atoms with Gasteiger partial charge >= 0.3 is 0 Å². The smallest absolute Gasteiger partial charge is 0.124 e. The van der Waals surface area contributed by atoms with Crippen LogP contribution in [0.3, 0.4) is 0 Å². The number of rotatable bonds is 3. The van der Waals surface area contributed by atoms with Crippen molar-refractivity contribution in [3.8, 4) is 0 Å². The topological polar surface area (TPSA) is 29.9 Å². The molecule has 0 radical (unpaired) electrons. The van der Waals surface area contributed by atoms with Gasteiger partial charge in [-0.25, -0.2) is 4.39 Å². The van der Waals surface area contributed by atoms with Crippen LogP contribution in [0.25, 0.3) is 0 Å². The Bertz CT molecular complexity index is 479.